The highest BCUT2D eigenvalue weighted by Crippen LogP contribution is 2.41. The molecule has 0 radical (unpaired) electrons. The first kappa shape index (κ1) is 21.7. The Bertz CT molecular complexity index is 1120. The van der Waals surface area contributed by atoms with Crippen molar-refractivity contribution in [1.82, 2.24) is 20.4 Å². The second-order valence-electron chi connectivity index (χ2n) is 6.62. The van der Waals surface area contributed by atoms with E-state index in [0.29, 0.717) is 27.5 Å². The predicted octanol–water partition coefficient (Wildman–Crippen LogP) is 2.27. The summed E-state index contributed by atoms with van der Waals surface area (Å²) in [4.78, 5) is 38.0. The number of fused-ring (bicyclic) bond motifs is 1. The van der Waals surface area contributed by atoms with Crippen LogP contribution >= 0.6 is 34.9 Å². The lowest BCUT2D eigenvalue weighted by Crippen LogP contribution is -2.70. The van der Waals surface area contributed by atoms with Crippen LogP contribution < -0.4 is 5.32 Å². The van der Waals surface area contributed by atoms with Gasteiger partial charge in [-0.15, -0.1) is 22.0 Å². The Morgan fingerprint density at radius 3 is 2.77 bits per heavy atom. The lowest BCUT2D eigenvalue weighted by molar-refractivity contribution is -0.148. The highest BCUT2D eigenvalue weighted by Gasteiger charge is 2.54. The van der Waals surface area contributed by atoms with Gasteiger partial charge in [-0.1, -0.05) is 23.1 Å². The second-order valence-corrected chi connectivity index (χ2v) is 10.1. The van der Waals surface area contributed by atoms with E-state index in [9.17, 15) is 28.3 Å². The van der Waals surface area contributed by atoms with Crippen molar-refractivity contribution in [2.75, 3.05) is 11.5 Å². The number of hydrogen-bond donors (Lipinski definition) is 2. The molecule has 2 amide bonds. The number of carbonyl (C=O) groups excluding carboxylic acids is 2. The van der Waals surface area contributed by atoms with Crippen molar-refractivity contribution in [2.24, 2.45) is 0 Å². The van der Waals surface area contributed by atoms with Crippen LogP contribution in [0.1, 0.15) is 15.4 Å². The van der Waals surface area contributed by atoms with Crippen molar-refractivity contribution in [3.05, 3.63) is 51.7 Å². The zero-order valence-electron chi connectivity index (χ0n) is 15.8. The van der Waals surface area contributed by atoms with Crippen LogP contribution in [0.3, 0.4) is 0 Å². The van der Waals surface area contributed by atoms with E-state index in [1.807, 2.05) is 6.92 Å². The quantitative estimate of drug-likeness (QED) is 0.474. The molecule has 2 aromatic rings. The monoisotopic (exact) mass is 484 g/mol. The fourth-order valence-corrected chi connectivity index (χ4v) is 6.47. The Hall–Kier alpha value is -2.51. The summed E-state index contributed by atoms with van der Waals surface area (Å²) in [6, 6.07) is 1.50. The fourth-order valence-electron chi connectivity index (χ4n) is 3.17. The number of benzene rings is 1. The van der Waals surface area contributed by atoms with E-state index in [-0.39, 0.29) is 5.70 Å². The van der Waals surface area contributed by atoms with Gasteiger partial charge in [0.2, 0.25) is 0 Å². The molecule has 162 valence electrons. The van der Waals surface area contributed by atoms with Gasteiger partial charge in [-0.2, -0.15) is 0 Å². The number of aliphatic carboxylic acids is 1. The van der Waals surface area contributed by atoms with E-state index < -0.39 is 46.4 Å². The minimum absolute atomic E-state index is 0.110. The van der Waals surface area contributed by atoms with Crippen LogP contribution in [0, 0.1) is 18.6 Å². The van der Waals surface area contributed by atoms with Gasteiger partial charge in [0, 0.05) is 17.6 Å². The molecule has 2 atom stereocenters. The third kappa shape index (κ3) is 4.16. The van der Waals surface area contributed by atoms with E-state index in [4.69, 9.17) is 0 Å². The standard InChI is InChI=1S/C18H14F2N4O4S3/c1-7-22-23-18(31-7)30-6-8-5-29-16-12(15(26)24(16)13(8)17(27)28)21-14(25)10-3-2-9(19)4-11(10)20/h2-4,12,16H,5-6H2,1H3,(H,21,25)(H,27,28)/t12-,16-/m0/s1. The van der Waals surface area contributed by atoms with Gasteiger partial charge in [0.25, 0.3) is 11.8 Å². The van der Waals surface area contributed by atoms with Gasteiger partial charge >= 0.3 is 5.97 Å². The van der Waals surface area contributed by atoms with Crippen molar-refractivity contribution in [3.8, 4) is 0 Å². The lowest BCUT2D eigenvalue weighted by Gasteiger charge is -2.49. The molecular weight excluding hydrogens is 470 g/mol. The summed E-state index contributed by atoms with van der Waals surface area (Å²) >= 11 is 4.04. The topological polar surface area (TPSA) is 112 Å². The highest BCUT2D eigenvalue weighted by atomic mass is 32.2. The number of aromatic nitrogens is 2. The van der Waals surface area contributed by atoms with Crippen LogP contribution in [0.5, 0.6) is 0 Å². The highest BCUT2D eigenvalue weighted by molar-refractivity contribution is 8.01. The molecule has 1 aromatic heterocycles. The molecule has 31 heavy (non-hydrogen) atoms. The van der Waals surface area contributed by atoms with E-state index in [1.54, 1.807) is 0 Å². The Kier molecular flexibility index (Phi) is 5.99. The molecule has 0 unspecified atom stereocenters. The first-order chi connectivity index (χ1) is 14.8. The molecular formula is C18H14F2N4O4S3. The van der Waals surface area contributed by atoms with Gasteiger partial charge in [0.1, 0.15) is 33.8 Å². The van der Waals surface area contributed by atoms with Crippen molar-refractivity contribution >= 4 is 52.6 Å². The molecule has 1 aromatic carbocycles. The summed E-state index contributed by atoms with van der Waals surface area (Å²) in [5.41, 5.74) is 0.0576. The number of carboxylic acid groups (broad SMARTS) is 1. The van der Waals surface area contributed by atoms with Crippen molar-refractivity contribution in [1.29, 1.82) is 0 Å². The Balaban J connectivity index is 1.49. The summed E-state index contributed by atoms with van der Waals surface area (Å²) in [6.45, 7) is 1.82. The summed E-state index contributed by atoms with van der Waals surface area (Å²) in [7, 11) is 0. The van der Waals surface area contributed by atoms with Gasteiger partial charge in [0.05, 0.1) is 5.56 Å². The smallest absolute Gasteiger partial charge is 0.352 e. The third-order valence-electron chi connectivity index (χ3n) is 4.59. The molecule has 4 rings (SSSR count). The molecule has 13 heteroatoms. The van der Waals surface area contributed by atoms with E-state index in [1.165, 1.54) is 34.9 Å². The van der Waals surface area contributed by atoms with Gasteiger partial charge in [-0.3, -0.25) is 14.5 Å². The van der Waals surface area contributed by atoms with E-state index >= 15 is 0 Å². The van der Waals surface area contributed by atoms with E-state index in [0.717, 1.165) is 22.0 Å². The molecule has 2 aliphatic rings. The van der Waals surface area contributed by atoms with Crippen LogP contribution in [0.2, 0.25) is 0 Å². The average molecular weight is 485 g/mol. The maximum atomic E-state index is 13.9. The zero-order chi connectivity index (χ0) is 22.3. The van der Waals surface area contributed by atoms with Crippen molar-refractivity contribution < 1.29 is 28.3 Å². The summed E-state index contributed by atoms with van der Waals surface area (Å²) < 4.78 is 27.6. The van der Waals surface area contributed by atoms with Crippen LogP contribution in [-0.2, 0) is 9.59 Å². The number of rotatable bonds is 6. The molecule has 2 aliphatic heterocycles. The lowest BCUT2D eigenvalue weighted by atomic mass is 10.0. The molecule has 1 saturated heterocycles. The number of aryl methyl sites for hydroxylation is 1. The second kappa shape index (κ2) is 8.55. The third-order valence-corrected chi connectivity index (χ3v) is 7.99. The minimum Gasteiger partial charge on any atom is -0.477 e. The maximum absolute atomic E-state index is 13.9. The van der Waals surface area contributed by atoms with Crippen molar-refractivity contribution in [2.45, 2.75) is 22.7 Å². The minimum atomic E-state index is -1.24. The maximum Gasteiger partial charge on any atom is 0.352 e. The number of halogens is 2. The van der Waals surface area contributed by atoms with Crippen LogP contribution in [0.25, 0.3) is 0 Å². The van der Waals surface area contributed by atoms with Gasteiger partial charge in [0.15, 0.2) is 4.34 Å². The van der Waals surface area contributed by atoms with Crippen LogP contribution in [0.4, 0.5) is 8.78 Å². The molecule has 0 bridgehead atoms. The molecule has 0 saturated carbocycles. The molecule has 8 nitrogen and oxygen atoms in total. The van der Waals surface area contributed by atoms with E-state index in [2.05, 4.69) is 15.5 Å². The van der Waals surface area contributed by atoms with Gasteiger partial charge in [-0.05, 0) is 24.6 Å². The Labute approximate surface area is 187 Å². The van der Waals surface area contributed by atoms with Crippen LogP contribution in [-0.4, -0.2) is 60.9 Å². The number of amides is 2. The molecule has 0 spiro atoms. The predicted molar refractivity (Wildman–Crippen MR) is 111 cm³/mol. The Morgan fingerprint density at radius 1 is 1.35 bits per heavy atom. The van der Waals surface area contributed by atoms with Gasteiger partial charge < -0.3 is 10.4 Å². The number of thioether (sulfide) groups is 2. The van der Waals surface area contributed by atoms with Crippen LogP contribution in [0.15, 0.2) is 33.8 Å². The first-order valence-corrected chi connectivity index (χ1v) is 11.7. The number of nitrogens with zero attached hydrogens (tertiary/aromatic N) is 3. The van der Waals surface area contributed by atoms with Gasteiger partial charge in [-0.25, -0.2) is 13.6 Å². The molecule has 2 N–H and O–H groups in total. The SMILES string of the molecule is Cc1nnc(SCC2=C(C(=O)O)N3C(=O)[C@H](NC(=O)c4ccc(F)cc4F)[C@@H]3SC2)s1. The molecule has 1 fully saturated rings. The fraction of sp³-hybridized carbons (Fsp3) is 0.278. The molecule has 3 heterocycles. The number of hydrogen-bond acceptors (Lipinski definition) is 8. The summed E-state index contributed by atoms with van der Waals surface area (Å²) in [6.07, 6.45) is 0. The average Bonchev–Trinajstić information content (AvgIpc) is 3.14. The largest absolute Gasteiger partial charge is 0.477 e. The first-order valence-electron chi connectivity index (χ1n) is 8.85. The number of β-lactam (4-membered cyclic amide) rings is 1. The normalized spacial score (nSPS) is 20.4. The number of nitrogens with one attached hydrogen (secondary N) is 1. The summed E-state index contributed by atoms with van der Waals surface area (Å²) in [5.74, 6) is -3.90. The number of carbonyl (C=O) groups is 3. The zero-order valence-corrected chi connectivity index (χ0v) is 18.2. The summed E-state index contributed by atoms with van der Waals surface area (Å²) in [5, 5.41) is 20.2. The molecule has 0 aliphatic carbocycles. The number of carboxylic acids is 1. The van der Waals surface area contributed by atoms with Crippen molar-refractivity contribution in [3.63, 3.8) is 0 Å². The Morgan fingerprint density at radius 2 is 2.13 bits per heavy atom.